The van der Waals surface area contributed by atoms with Crippen LogP contribution in [-0.2, 0) is 23.1 Å². The summed E-state index contributed by atoms with van der Waals surface area (Å²) in [5.41, 5.74) is 0. The van der Waals surface area contributed by atoms with Gasteiger partial charge in [0.05, 0.1) is 27.7 Å². The first-order valence-electron chi connectivity index (χ1n) is 25.4. The van der Waals surface area contributed by atoms with Gasteiger partial charge in [-0.15, -0.1) is 0 Å². The highest BCUT2D eigenvalue weighted by atomic mass is 31.2. The molecule has 0 spiro atoms. The minimum absolute atomic E-state index is 0.00680. The van der Waals surface area contributed by atoms with Gasteiger partial charge in [0.25, 0.3) is 7.82 Å². The number of allylic oxidation sites excluding steroid dienone is 8. The third-order valence-corrected chi connectivity index (χ3v) is 12.1. The number of phosphoric ester groups is 1. The van der Waals surface area contributed by atoms with Crippen molar-refractivity contribution in [3.63, 3.8) is 0 Å². The van der Waals surface area contributed by atoms with Gasteiger partial charge in [-0.1, -0.05) is 222 Å². The van der Waals surface area contributed by atoms with Gasteiger partial charge in [0.1, 0.15) is 25.9 Å². The molecule has 2 unspecified atom stereocenters. The Morgan fingerprint density at radius 1 is 0.525 bits per heavy atom. The molecule has 61 heavy (non-hydrogen) atoms. The van der Waals surface area contributed by atoms with Crippen LogP contribution in [0.15, 0.2) is 48.6 Å². The van der Waals surface area contributed by atoms with E-state index in [1.54, 1.807) is 0 Å². The molecule has 9 heteroatoms. The maximum Gasteiger partial charge on any atom is 0.305 e. The maximum absolute atomic E-state index is 12.0. The van der Waals surface area contributed by atoms with E-state index in [1.165, 1.54) is 167 Å². The number of phosphoric acid groups is 1. The van der Waals surface area contributed by atoms with Crippen molar-refractivity contribution in [2.24, 2.45) is 0 Å². The normalized spacial score (nSPS) is 14.0. The Kier molecular flexibility index (Phi) is 43.9. The summed E-state index contributed by atoms with van der Waals surface area (Å²) in [5, 5.41) is 9.90. The number of rotatable bonds is 47. The van der Waals surface area contributed by atoms with E-state index < -0.39 is 20.5 Å². The first kappa shape index (κ1) is 59.5. The van der Waals surface area contributed by atoms with Gasteiger partial charge in [0.2, 0.25) is 0 Å². The standard InChI is InChI=1S/C52H98NO7P/c1-5-6-7-8-9-10-11-12-13-14-15-16-17-18-19-20-21-22-23-24-25-26-27-28-29-30-31-32-33-34-35-36-37-38-39-40-41-42-43-44-45-46-52(55)58-49-51(54)50-60-61(56,57)59-48-47-53(2,3)4/h6-7,9-10,12-13,15-16,51,54H,5,8,11,14,17-50H2,1-4H3/b7-6-,10-9-,13-12-,16-15-. The molecular formula is C52H98NO7P. The van der Waals surface area contributed by atoms with E-state index >= 15 is 0 Å². The van der Waals surface area contributed by atoms with Crippen molar-refractivity contribution in [1.82, 2.24) is 0 Å². The fraction of sp³-hybridized carbons (Fsp3) is 0.827. The van der Waals surface area contributed by atoms with Gasteiger partial charge in [-0.25, -0.2) is 0 Å². The molecule has 0 saturated carbocycles. The van der Waals surface area contributed by atoms with Crippen LogP contribution >= 0.6 is 7.82 Å². The second-order valence-electron chi connectivity index (χ2n) is 18.4. The van der Waals surface area contributed by atoms with E-state index in [0.29, 0.717) is 17.4 Å². The molecule has 0 aromatic rings. The Balaban J connectivity index is 3.30. The van der Waals surface area contributed by atoms with Gasteiger partial charge in [-0.05, 0) is 44.9 Å². The summed E-state index contributed by atoms with van der Waals surface area (Å²) in [6.07, 6.45) is 60.5. The van der Waals surface area contributed by atoms with Crippen LogP contribution in [0.2, 0.25) is 0 Å². The fourth-order valence-electron chi connectivity index (χ4n) is 7.18. The number of aliphatic hydroxyl groups excluding tert-OH is 1. The summed E-state index contributed by atoms with van der Waals surface area (Å²) in [6, 6.07) is 0. The van der Waals surface area contributed by atoms with Crippen molar-refractivity contribution in [3.8, 4) is 0 Å². The van der Waals surface area contributed by atoms with Crippen molar-refractivity contribution in [2.45, 2.75) is 231 Å². The molecule has 8 nitrogen and oxygen atoms in total. The number of quaternary nitrogens is 1. The van der Waals surface area contributed by atoms with Crippen LogP contribution in [-0.4, -0.2) is 69.2 Å². The zero-order chi connectivity index (χ0) is 44.8. The number of hydrogen-bond acceptors (Lipinski definition) is 7. The third kappa shape index (κ3) is 51.0. The molecule has 358 valence electrons. The van der Waals surface area contributed by atoms with Crippen LogP contribution in [0.1, 0.15) is 225 Å². The molecule has 0 aliphatic heterocycles. The van der Waals surface area contributed by atoms with Gasteiger partial charge in [0.15, 0.2) is 0 Å². The first-order chi connectivity index (χ1) is 29.6. The lowest BCUT2D eigenvalue weighted by molar-refractivity contribution is -0.870. The molecule has 0 bridgehead atoms. The van der Waals surface area contributed by atoms with E-state index in [2.05, 4.69) is 55.5 Å². The number of nitrogens with zero attached hydrogens (tertiary/aromatic N) is 1. The number of unbranched alkanes of at least 4 members (excludes halogenated alkanes) is 28. The molecule has 0 fully saturated rings. The van der Waals surface area contributed by atoms with E-state index in [4.69, 9.17) is 13.8 Å². The molecule has 1 N–H and O–H groups in total. The summed E-state index contributed by atoms with van der Waals surface area (Å²) >= 11 is 0. The molecule has 0 aliphatic rings. The smallest absolute Gasteiger partial charge is 0.305 e. The van der Waals surface area contributed by atoms with Crippen molar-refractivity contribution in [1.29, 1.82) is 0 Å². The lowest BCUT2D eigenvalue weighted by Gasteiger charge is -2.27. The van der Waals surface area contributed by atoms with Crippen molar-refractivity contribution in [3.05, 3.63) is 48.6 Å². The molecule has 0 radical (unpaired) electrons. The monoisotopic (exact) mass is 880 g/mol. The van der Waals surface area contributed by atoms with E-state index in [9.17, 15) is 19.4 Å². The highest BCUT2D eigenvalue weighted by Gasteiger charge is 2.17. The summed E-state index contributed by atoms with van der Waals surface area (Å²) in [4.78, 5) is 23.8. The molecule has 2 atom stereocenters. The minimum Gasteiger partial charge on any atom is -0.756 e. The zero-order valence-electron chi connectivity index (χ0n) is 40.4. The number of carbonyl (C=O) groups is 1. The molecule has 0 aromatic carbocycles. The van der Waals surface area contributed by atoms with Gasteiger partial charge in [-0.2, -0.15) is 0 Å². The number of carbonyl (C=O) groups excluding carboxylic acids is 1. The second-order valence-corrected chi connectivity index (χ2v) is 19.8. The molecular weight excluding hydrogens is 782 g/mol. The van der Waals surface area contributed by atoms with Crippen molar-refractivity contribution < 1.29 is 37.6 Å². The Morgan fingerprint density at radius 2 is 0.869 bits per heavy atom. The summed E-state index contributed by atoms with van der Waals surface area (Å²) in [6.45, 7) is 1.86. The number of esters is 1. The number of likely N-dealkylation sites (N-methyl/N-ethyl adjacent to an activating group) is 1. The SMILES string of the molecule is CC/C=C\C/C=C\C/C=C\C/C=C\CCCCCCCCCCCCCCCCCCCCCCCCCCCCCCC(=O)OCC(O)COP(=O)([O-])OCC[N+](C)(C)C. The van der Waals surface area contributed by atoms with Crippen LogP contribution in [0.25, 0.3) is 0 Å². The second kappa shape index (κ2) is 45.0. The fourth-order valence-corrected chi connectivity index (χ4v) is 7.91. The van der Waals surface area contributed by atoms with E-state index in [1.807, 2.05) is 21.1 Å². The lowest BCUT2D eigenvalue weighted by Crippen LogP contribution is -2.37. The van der Waals surface area contributed by atoms with Crippen LogP contribution < -0.4 is 4.89 Å². The molecule has 0 heterocycles. The highest BCUT2D eigenvalue weighted by molar-refractivity contribution is 7.45. The number of ether oxygens (including phenoxy) is 1. The third-order valence-electron chi connectivity index (χ3n) is 11.1. The van der Waals surface area contributed by atoms with Gasteiger partial charge < -0.3 is 28.3 Å². The number of hydrogen-bond donors (Lipinski definition) is 1. The van der Waals surface area contributed by atoms with Gasteiger partial charge >= 0.3 is 5.97 Å². The Bertz CT molecular complexity index is 1120. The average Bonchev–Trinajstić information content (AvgIpc) is 3.22. The van der Waals surface area contributed by atoms with Crippen LogP contribution in [0.4, 0.5) is 0 Å². The van der Waals surface area contributed by atoms with Crippen LogP contribution in [0.3, 0.4) is 0 Å². The van der Waals surface area contributed by atoms with Gasteiger partial charge in [0, 0.05) is 6.42 Å². The Labute approximate surface area is 377 Å². The number of aliphatic hydroxyl groups is 1. The van der Waals surface area contributed by atoms with Gasteiger partial charge in [-0.3, -0.25) is 9.36 Å². The largest absolute Gasteiger partial charge is 0.756 e. The predicted octanol–water partition coefficient (Wildman–Crippen LogP) is 14.6. The molecule has 0 amide bonds. The Morgan fingerprint density at radius 3 is 1.25 bits per heavy atom. The summed E-state index contributed by atoms with van der Waals surface area (Å²) in [5.74, 6) is -0.382. The summed E-state index contributed by atoms with van der Waals surface area (Å²) < 4.78 is 26.9. The Hall–Kier alpha value is -1.54. The quantitative estimate of drug-likeness (QED) is 0.0213. The molecule has 0 saturated heterocycles. The highest BCUT2D eigenvalue weighted by Crippen LogP contribution is 2.38. The lowest BCUT2D eigenvalue weighted by atomic mass is 10.0. The molecule has 0 aromatic heterocycles. The predicted molar refractivity (Wildman–Crippen MR) is 259 cm³/mol. The zero-order valence-corrected chi connectivity index (χ0v) is 41.3. The van der Waals surface area contributed by atoms with Crippen LogP contribution in [0.5, 0.6) is 0 Å². The van der Waals surface area contributed by atoms with Crippen molar-refractivity contribution >= 4 is 13.8 Å². The topological polar surface area (TPSA) is 105 Å². The summed E-state index contributed by atoms with van der Waals surface area (Å²) in [7, 11) is 1.26. The first-order valence-corrected chi connectivity index (χ1v) is 26.9. The molecule has 0 aliphatic carbocycles. The molecule has 0 rings (SSSR count). The minimum atomic E-state index is -4.50. The maximum atomic E-state index is 12.0. The van der Waals surface area contributed by atoms with Crippen molar-refractivity contribution in [2.75, 3.05) is 47.5 Å². The average molecular weight is 880 g/mol. The van der Waals surface area contributed by atoms with E-state index in [0.717, 1.165) is 44.9 Å². The van der Waals surface area contributed by atoms with E-state index in [-0.39, 0.29) is 19.2 Å². The van der Waals surface area contributed by atoms with Crippen LogP contribution in [0, 0.1) is 0 Å².